The van der Waals surface area contributed by atoms with Crippen molar-refractivity contribution in [2.75, 3.05) is 32.1 Å². The van der Waals surface area contributed by atoms with Gasteiger partial charge in [-0.2, -0.15) is 11.8 Å². The van der Waals surface area contributed by atoms with Crippen molar-refractivity contribution in [2.24, 2.45) is 0 Å². The highest BCUT2D eigenvalue weighted by Crippen LogP contribution is 2.38. The summed E-state index contributed by atoms with van der Waals surface area (Å²) in [5.41, 5.74) is 0. The Balaban J connectivity index is 1.50. The molecule has 1 unspecified atom stereocenters. The van der Waals surface area contributed by atoms with Gasteiger partial charge in [0.2, 0.25) is 5.91 Å². The quantitative estimate of drug-likeness (QED) is 0.627. The van der Waals surface area contributed by atoms with Crippen molar-refractivity contribution in [3.63, 3.8) is 0 Å². The number of carbonyl (C=O) groups excluding carboxylic acids is 1. The summed E-state index contributed by atoms with van der Waals surface area (Å²) in [7, 11) is 4.06. The first-order valence-corrected chi connectivity index (χ1v) is 11.0. The van der Waals surface area contributed by atoms with Crippen LogP contribution >= 0.6 is 23.5 Å². The molecule has 1 aliphatic rings. The zero-order valence-corrected chi connectivity index (χ0v) is 17.2. The van der Waals surface area contributed by atoms with Gasteiger partial charge in [0, 0.05) is 24.5 Å². The van der Waals surface area contributed by atoms with Gasteiger partial charge >= 0.3 is 0 Å². The monoisotopic (exact) mass is 394 g/mol. The lowest BCUT2D eigenvalue weighted by Crippen LogP contribution is -2.38. The zero-order chi connectivity index (χ0) is 18.5. The molecule has 1 aliphatic heterocycles. The van der Waals surface area contributed by atoms with Crippen LogP contribution < -0.4 is 0 Å². The minimum absolute atomic E-state index is 0.000793. The highest BCUT2D eigenvalue weighted by molar-refractivity contribution is 7.99. The van der Waals surface area contributed by atoms with Crippen LogP contribution in [0.2, 0.25) is 0 Å². The van der Waals surface area contributed by atoms with Crippen LogP contribution in [-0.2, 0) is 17.1 Å². The molecule has 7 heteroatoms. The van der Waals surface area contributed by atoms with Gasteiger partial charge in [0.25, 0.3) is 0 Å². The van der Waals surface area contributed by atoms with E-state index >= 15 is 0 Å². The van der Waals surface area contributed by atoms with E-state index in [2.05, 4.69) is 4.90 Å². The maximum Gasteiger partial charge on any atom is 0.224 e. The lowest BCUT2D eigenvalue weighted by Gasteiger charge is -2.33. The predicted octanol–water partition coefficient (Wildman–Crippen LogP) is 4.14. The molecular formula is C19H26N2O3S2. The Kier molecular flexibility index (Phi) is 6.78. The summed E-state index contributed by atoms with van der Waals surface area (Å²) in [4.78, 5) is 16.4. The highest BCUT2D eigenvalue weighted by Gasteiger charge is 2.31. The minimum Gasteiger partial charge on any atom is -0.464 e. The van der Waals surface area contributed by atoms with Gasteiger partial charge in [0.15, 0.2) is 0 Å². The van der Waals surface area contributed by atoms with Crippen LogP contribution in [0.25, 0.3) is 0 Å². The maximum absolute atomic E-state index is 12.4. The van der Waals surface area contributed by atoms with Crippen molar-refractivity contribution in [3.05, 3.63) is 47.3 Å². The zero-order valence-electron chi connectivity index (χ0n) is 15.6. The summed E-state index contributed by atoms with van der Waals surface area (Å²) in [6, 6.07) is 8.03. The molecule has 26 heavy (non-hydrogen) atoms. The van der Waals surface area contributed by atoms with E-state index in [4.69, 9.17) is 8.83 Å². The third kappa shape index (κ3) is 5.11. The summed E-state index contributed by atoms with van der Waals surface area (Å²) in [5, 5.41) is 0.000793. The third-order valence-electron chi connectivity index (χ3n) is 4.11. The van der Waals surface area contributed by atoms with Gasteiger partial charge in [-0.3, -0.25) is 4.79 Å². The normalized spacial score (nSPS) is 18.1. The minimum atomic E-state index is 0.000793. The van der Waals surface area contributed by atoms with Crippen LogP contribution in [0.1, 0.15) is 34.8 Å². The number of rotatable bonds is 8. The molecule has 0 saturated carbocycles. The summed E-state index contributed by atoms with van der Waals surface area (Å²) < 4.78 is 11.6. The standard InChI is InChI=1S/C19H26N2O3S2/c1-14-4-7-17(23-14)19-21(18(22)8-10-26-19)9-11-25-13-16-6-5-15(24-16)12-20(2)3/h4-7,19H,8-13H2,1-3H3. The molecule has 0 radical (unpaired) electrons. The second-order valence-corrected chi connectivity index (χ2v) is 8.96. The van der Waals surface area contributed by atoms with Crippen molar-refractivity contribution in [2.45, 2.75) is 31.0 Å². The molecule has 1 fully saturated rings. The Morgan fingerprint density at radius 1 is 1.23 bits per heavy atom. The smallest absolute Gasteiger partial charge is 0.224 e. The summed E-state index contributed by atoms with van der Waals surface area (Å²) in [6.07, 6.45) is 0.609. The second-order valence-electron chi connectivity index (χ2n) is 6.67. The fourth-order valence-electron chi connectivity index (χ4n) is 2.92. The van der Waals surface area contributed by atoms with Crippen LogP contribution in [-0.4, -0.2) is 47.9 Å². The van der Waals surface area contributed by atoms with Gasteiger partial charge in [-0.15, -0.1) is 11.8 Å². The Labute approximate surface area is 163 Å². The van der Waals surface area contributed by atoms with Crippen LogP contribution in [0.5, 0.6) is 0 Å². The molecule has 1 amide bonds. The fraction of sp³-hybridized carbons (Fsp3) is 0.526. The Morgan fingerprint density at radius 3 is 2.77 bits per heavy atom. The number of furan rings is 2. The average Bonchev–Trinajstić information content (AvgIpc) is 3.21. The predicted molar refractivity (Wildman–Crippen MR) is 107 cm³/mol. The number of amides is 1. The molecule has 1 saturated heterocycles. The van der Waals surface area contributed by atoms with Crippen LogP contribution in [0.3, 0.4) is 0 Å². The van der Waals surface area contributed by atoms with Gasteiger partial charge in [-0.1, -0.05) is 0 Å². The number of hydrogen-bond donors (Lipinski definition) is 0. The van der Waals surface area contributed by atoms with Gasteiger partial charge < -0.3 is 18.6 Å². The summed E-state index contributed by atoms with van der Waals surface area (Å²) >= 11 is 3.58. The van der Waals surface area contributed by atoms with Crippen molar-refractivity contribution >= 4 is 29.4 Å². The molecule has 0 N–H and O–H groups in total. The van der Waals surface area contributed by atoms with E-state index in [1.807, 2.05) is 50.2 Å². The third-order valence-corrected chi connectivity index (χ3v) is 6.31. The second kappa shape index (κ2) is 9.06. The van der Waals surface area contributed by atoms with Gasteiger partial charge in [-0.25, -0.2) is 0 Å². The van der Waals surface area contributed by atoms with Gasteiger partial charge in [-0.05, 0) is 45.3 Å². The molecule has 3 rings (SSSR count). The largest absolute Gasteiger partial charge is 0.464 e. The number of nitrogens with zero attached hydrogens (tertiary/aromatic N) is 2. The topological polar surface area (TPSA) is 49.8 Å². The van der Waals surface area contributed by atoms with E-state index in [1.165, 1.54) is 0 Å². The average molecular weight is 395 g/mol. The number of thioether (sulfide) groups is 2. The van der Waals surface area contributed by atoms with E-state index in [-0.39, 0.29) is 11.3 Å². The molecule has 2 aromatic heterocycles. The van der Waals surface area contributed by atoms with Crippen molar-refractivity contribution in [1.82, 2.24) is 9.80 Å². The van der Waals surface area contributed by atoms with Gasteiger partial charge in [0.05, 0.1) is 12.3 Å². The first kappa shape index (κ1) is 19.5. The van der Waals surface area contributed by atoms with Crippen LogP contribution in [0, 0.1) is 6.92 Å². The molecule has 0 aromatic carbocycles. The van der Waals surface area contributed by atoms with E-state index in [9.17, 15) is 4.79 Å². The summed E-state index contributed by atoms with van der Waals surface area (Å²) in [6.45, 7) is 3.48. The molecule has 0 bridgehead atoms. The number of aryl methyl sites for hydroxylation is 1. The maximum atomic E-state index is 12.4. The fourth-order valence-corrected chi connectivity index (χ4v) is 4.95. The molecular weight excluding hydrogens is 368 g/mol. The molecule has 0 spiro atoms. The van der Waals surface area contributed by atoms with E-state index in [0.29, 0.717) is 6.42 Å². The van der Waals surface area contributed by atoms with Crippen LogP contribution in [0.15, 0.2) is 33.1 Å². The summed E-state index contributed by atoms with van der Waals surface area (Å²) in [5.74, 6) is 6.53. The van der Waals surface area contributed by atoms with E-state index in [1.54, 1.807) is 23.5 Å². The SMILES string of the molecule is Cc1ccc(C2SCCC(=O)N2CCSCc2ccc(CN(C)C)o2)o1. The molecule has 142 valence electrons. The Morgan fingerprint density at radius 2 is 2.04 bits per heavy atom. The van der Waals surface area contributed by atoms with E-state index in [0.717, 1.165) is 53.4 Å². The first-order valence-electron chi connectivity index (χ1n) is 8.80. The van der Waals surface area contributed by atoms with Gasteiger partial charge in [0.1, 0.15) is 28.4 Å². The molecule has 3 heterocycles. The molecule has 5 nitrogen and oxygen atoms in total. The number of hydrogen-bond acceptors (Lipinski definition) is 6. The lowest BCUT2D eigenvalue weighted by molar-refractivity contribution is -0.132. The lowest BCUT2D eigenvalue weighted by atomic mass is 10.3. The van der Waals surface area contributed by atoms with Crippen LogP contribution in [0.4, 0.5) is 0 Å². The Bertz CT molecular complexity index is 726. The highest BCUT2D eigenvalue weighted by atomic mass is 32.2. The van der Waals surface area contributed by atoms with Crippen molar-refractivity contribution < 1.29 is 13.6 Å². The van der Waals surface area contributed by atoms with Crippen molar-refractivity contribution in [3.8, 4) is 0 Å². The van der Waals surface area contributed by atoms with Crippen molar-refractivity contribution in [1.29, 1.82) is 0 Å². The Hall–Kier alpha value is -1.31. The van der Waals surface area contributed by atoms with E-state index < -0.39 is 0 Å². The number of carbonyl (C=O) groups is 1. The molecule has 0 aliphatic carbocycles. The molecule has 1 atom stereocenters. The first-order chi connectivity index (χ1) is 12.5. The molecule has 2 aromatic rings.